The Labute approximate surface area is 91.7 Å². The molecular weight excluding hydrogens is 186 g/mol. The third-order valence-corrected chi connectivity index (χ3v) is 2.72. The van der Waals surface area contributed by atoms with Crippen molar-refractivity contribution in [3.8, 4) is 0 Å². The van der Waals surface area contributed by atoms with Gasteiger partial charge in [-0.05, 0) is 36.0 Å². The van der Waals surface area contributed by atoms with Gasteiger partial charge in [0.2, 0.25) is 0 Å². The SMILES string of the molecule is CCC1=C(C)C=CC(C)C=C1C/C=N\O. The molecule has 0 bridgehead atoms. The highest BCUT2D eigenvalue weighted by Crippen LogP contribution is 2.26. The van der Waals surface area contributed by atoms with Gasteiger partial charge in [-0.3, -0.25) is 0 Å². The summed E-state index contributed by atoms with van der Waals surface area (Å²) in [4.78, 5) is 0. The molecule has 2 heteroatoms. The fourth-order valence-corrected chi connectivity index (χ4v) is 1.96. The lowest BCUT2D eigenvalue weighted by Crippen LogP contribution is -1.94. The summed E-state index contributed by atoms with van der Waals surface area (Å²) in [6, 6.07) is 0. The molecular formula is C13H19NO. The van der Waals surface area contributed by atoms with Gasteiger partial charge < -0.3 is 5.21 Å². The van der Waals surface area contributed by atoms with Crippen molar-refractivity contribution in [3.05, 3.63) is 34.9 Å². The molecule has 1 unspecified atom stereocenters. The molecule has 1 aliphatic carbocycles. The van der Waals surface area contributed by atoms with E-state index < -0.39 is 0 Å². The van der Waals surface area contributed by atoms with Crippen LogP contribution in [0.4, 0.5) is 0 Å². The minimum absolute atomic E-state index is 0.450. The van der Waals surface area contributed by atoms with Gasteiger partial charge in [0.1, 0.15) is 0 Å². The van der Waals surface area contributed by atoms with Crippen molar-refractivity contribution in [3.63, 3.8) is 0 Å². The second kappa shape index (κ2) is 5.54. The van der Waals surface area contributed by atoms with Crippen LogP contribution in [0.5, 0.6) is 0 Å². The lowest BCUT2D eigenvalue weighted by Gasteiger charge is -2.10. The topological polar surface area (TPSA) is 32.6 Å². The molecule has 15 heavy (non-hydrogen) atoms. The van der Waals surface area contributed by atoms with Gasteiger partial charge in [-0.2, -0.15) is 0 Å². The molecule has 0 aliphatic heterocycles. The van der Waals surface area contributed by atoms with Crippen LogP contribution in [0.25, 0.3) is 0 Å². The Balaban J connectivity index is 3.02. The molecule has 1 aliphatic rings. The third kappa shape index (κ3) is 3.08. The molecule has 1 atom stereocenters. The summed E-state index contributed by atoms with van der Waals surface area (Å²) < 4.78 is 0. The minimum Gasteiger partial charge on any atom is -0.411 e. The van der Waals surface area contributed by atoms with Gasteiger partial charge in [-0.1, -0.05) is 32.1 Å². The molecule has 2 nitrogen and oxygen atoms in total. The van der Waals surface area contributed by atoms with Gasteiger partial charge in [0.05, 0.1) is 0 Å². The number of hydrogen-bond acceptors (Lipinski definition) is 2. The van der Waals surface area contributed by atoms with Crippen LogP contribution in [0.2, 0.25) is 0 Å². The van der Waals surface area contributed by atoms with Crippen LogP contribution in [-0.4, -0.2) is 11.4 Å². The van der Waals surface area contributed by atoms with E-state index in [1.807, 2.05) is 0 Å². The smallest absolute Gasteiger partial charge is 0.0479 e. The van der Waals surface area contributed by atoms with Crippen molar-refractivity contribution in [1.29, 1.82) is 0 Å². The molecule has 0 saturated heterocycles. The van der Waals surface area contributed by atoms with Gasteiger partial charge in [0, 0.05) is 12.6 Å². The number of nitrogens with zero attached hydrogens (tertiary/aromatic N) is 1. The highest BCUT2D eigenvalue weighted by molar-refractivity contribution is 5.64. The van der Waals surface area contributed by atoms with E-state index in [0.717, 1.165) is 6.42 Å². The van der Waals surface area contributed by atoms with E-state index in [1.54, 1.807) is 6.21 Å². The van der Waals surface area contributed by atoms with E-state index in [9.17, 15) is 0 Å². The Morgan fingerprint density at radius 3 is 2.87 bits per heavy atom. The second-order valence-electron chi connectivity index (χ2n) is 3.93. The van der Waals surface area contributed by atoms with E-state index in [4.69, 9.17) is 5.21 Å². The van der Waals surface area contributed by atoms with Crippen LogP contribution in [-0.2, 0) is 0 Å². The zero-order valence-corrected chi connectivity index (χ0v) is 9.70. The molecule has 0 spiro atoms. The van der Waals surface area contributed by atoms with Crippen LogP contribution in [0, 0.1) is 5.92 Å². The molecule has 82 valence electrons. The van der Waals surface area contributed by atoms with Gasteiger partial charge in [-0.25, -0.2) is 0 Å². The zero-order valence-electron chi connectivity index (χ0n) is 9.70. The number of allylic oxidation sites excluding steroid dienone is 6. The fourth-order valence-electron chi connectivity index (χ4n) is 1.96. The van der Waals surface area contributed by atoms with Crippen LogP contribution in [0.15, 0.2) is 40.1 Å². The van der Waals surface area contributed by atoms with Crippen LogP contribution in [0.3, 0.4) is 0 Å². The van der Waals surface area contributed by atoms with E-state index in [-0.39, 0.29) is 0 Å². The van der Waals surface area contributed by atoms with Crippen molar-refractivity contribution in [1.82, 2.24) is 0 Å². The summed E-state index contributed by atoms with van der Waals surface area (Å²) in [6.45, 7) is 6.46. The fraction of sp³-hybridized carbons (Fsp3) is 0.462. The molecule has 0 radical (unpaired) electrons. The first-order valence-electron chi connectivity index (χ1n) is 5.44. The van der Waals surface area contributed by atoms with E-state index in [1.165, 1.54) is 16.7 Å². The van der Waals surface area contributed by atoms with Crippen molar-refractivity contribution in [2.75, 3.05) is 0 Å². The summed E-state index contributed by atoms with van der Waals surface area (Å²) in [5, 5.41) is 11.5. The standard InChI is InChI=1S/C13H19NO/c1-4-13-11(3)6-5-10(2)9-12(13)7-8-14-15/h5-6,8-10,15H,4,7H2,1-3H3/b14-8-. The molecule has 0 aromatic heterocycles. The highest BCUT2D eigenvalue weighted by atomic mass is 16.4. The molecule has 0 heterocycles. The Kier molecular flexibility index (Phi) is 4.35. The number of hydrogen-bond donors (Lipinski definition) is 1. The van der Waals surface area contributed by atoms with Crippen molar-refractivity contribution < 1.29 is 5.21 Å². The van der Waals surface area contributed by atoms with E-state index in [2.05, 4.69) is 44.2 Å². The van der Waals surface area contributed by atoms with Gasteiger partial charge in [0.25, 0.3) is 0 Å². The predicted molar refractivity (Wildman–Crippen MR) is 64.3 cm³/mol. The van der Waals surface area contributed by atoms with Crippen LogP contribution < -0.4 is 0 Å². The Morgan fingerprint density at radius 2 is 2.27 bits per heavy atom. The monoisotopic (exact) mass is 205 g/mol. The molecule has 0 fully saturated rings. The van der Waals surface area contributed by atoms with E-state index in [0.29, 0.717) is 12.3 Å². The lowest BCUT2D eigenvalue weighted by atomic mass is 9.96. The first-order chi connectivity index (χ1) is 7.19. The number of rotatable bonds is 3. The summed E-state index contributed by atoms with van der Waals surface area (Å²) in [6.07, 6.45) is 9.91. The molecule has 1 N–H and O–H groups in total. The largest absolute Gasteiger partial charge is 0.411 e. The van der Waals surface area contributed by atoms with Crippen LogP contribution >= 0.6 is 0 Å². The quantitative estimate of drug-likeness (QED) is 0.425. The Hall–Kier alpha value is -1.31. The summed E-state index contributed by atoms with van der Waals surface area (Å²) in [5.41, 5.74) is 3.97. The zero-order chi connectivity index (χ0) is 11.3. The molecule has 0 amide bonds. The molecule has 0 aromatic carbocycles. The Morgan fingerprint density at radius 1 is 1.53 bits per heavy atom. The summed E-state index contributed by atoms with van der Waals surface area (Å²) in [7, 11) is 0. The maximum atomic E-state index is 8.47. The molecule has 1 rings (SSSR count). The first kappa shape index (κ1) is 11.8. The highest BCUT2D eigenvalue weighted by Gasteiger charge is 2.09. The second-order valence-corrected chi connectivity index (χ2v) is 3.93. The minimum atomic E-state index is 0.450. The number of oxime groups is 1. The van der Waals surface area contributed by atoms with E-state index >= 15 is 0 Å². The van der Waals surface area contributed by atoms with Crippen molar-refractivity contribution in [2.24, 2.45) is 11.1 Å². The average Bonchev–Trinajstić information content (AvgIpc) is 2.35. The predicted octanol–water partition coefficient (Wildman–Crippen LogP) is 3.70. The maximum absolute atomic E-state index is 8.47. The third-order valence-electron chi connectivity index (χ3n) is 2.72. The van der Waals surface area contributed by atoms with Gasteiger partial charge >= 0.3 is 0 Å². The average molecular weight is 205 g/mol. The normalized spacial score (nSPS) is 22.1. The van der Waals surface area contributed by atoms with Crippen molar-refractivity contribution >= 4 is 6.21 Å². The van der Waals surface area contributed by atoms with Crippen LogP contribution in [0.1, 0.15) is 33.6 Å². The van der Waals surface area contributed by atoms with Gasteiger partial charge in [-0.15, -0.1) is 5.16 Å². The molecule has 0 saturated carbocycles. The summed E-state index contributed by atoms with van der Waals surface area (Å²) in [5.74, 6) is 0.450. The first-order valence-corrected chi connectivity index (χ1v) is 5.44. The molecule has 0 aromatic rings. The lowest BCUT2D eigenvalue weighted by molar-refractivity contribution is 0.321. The summed E-state index contributed by atoms with van der Waals surface area (Å²) >= 11 is 0. The van der Waals surface area contributed by atoms with Crippen molar-refractivity contribution in [2.45, 2.75) is 33.6 Å². The van der Waals surface area contributed by atoms with Gasteiger partial charge in [0.15, 0.2) is 0 Å². The Bertz CT molecular complexity index is 334. The maximum Gasteiger partial charge on any atom is 0.0479 e.